The van der Waals surface area contributed by atoms with Gasteiger partial charge in [0.1, 0.15) is 5.82 Å². The fourth-order valence-corrected chi connectivity index (χ4v) is 2.68. The molecule has 0 aromatic heterocycles. The summed E-state index contributed by atoms with van der Waals surface area (Å²) in [7, 11) is 0. The van der Waals surface area contributed by atoms with Gasteiger partial charge in [0.2, 0.25) is 0 Å². The summed E-state index contributed by atoms with van der Waals surface area (Å²) in [5.74, 6) is -1.26. The second kappa shape index (κ2) is 5.03. The minimum absolute atomic E-state index is 0.0481. The van der Waals surface area contributed by atoms with E-state index in [2.05, 4.69) is 0 Å². The molecule has 2 aliphatic heterocycles. The van der Waals surface area contributed by atoms with Gasteiger partial charge in [0.05, 0.1) is 18.9 Å². The number of amides is 1. The van der Waals surface area contributed by atoms with E-state index >= 15 is 0 Å². The van der Waals surface area contributed by atoms with E-state index < -0.39 is 11.6 Å². The molecule has 5 nitrogen and oxygen atoms in total. The molecule has 20 heavy (non-hydrogen) atoms. The Balaban J connectivity index is 1.68. The first-order valence-corrected chi connectivity index (χ1v) is 6.72. The van der Waals surface area contributed by atoms with Gasteiger partial charge in [0, 0.05) is 31.5 Å². The number of carbonyl (C=O) groups is 1. The average molecular weight is 280 g/mol. The van der Waals surface area contributed by atoms with Gasteiger partial charge in [-0.3, -0.25) is 4.79 Å². The Kier molecular flexibility index (Phi) is 3.35. The summed E-state index contributed by atoms with van der Waals surface area (Å²) in [6.45, 7) is 2.31. The molecule has 108 valence electrons. The van der Waals surface area contributed by atoms with E-state index in [1.54, 1.807) is 11.0 Å². The lowest BCUT2D eigenvalue weighted by atomic mass is 10.0. The molecular formula is C14H17FN2O3. The van der Waals surface area contributed by atoms with Crippen molar-refractivity contribution >= 4 is 11.6 Å². The third-order valence-corrected chi connectivity index (χ3v) is 3.87. The van der Waals surface area contributed by atoms with E-state index in [0.29, 0.717) is 44.7 Å². The zero-order chi connectivity index (χ0) is 14.2. The van der Waals surface area contributed by atoms with Crippen molar-refractivity contribution in [2.75, 3.05) is 32.0 Å². The van der Waals surface area contributed by atoms with Crippen LogP contribution >= 0.6 is 0 Å². The highest BCUT2D eigenvalue weighted by Gasteiger charge is 2.40. The van der Waals surface area contributed by atoms with Crippen LogP contribution in [0.15, 0.2) is 18.2 Å². The zero-order valence-corrected chi connectivity index (χ0v) is 11.1. The van der Waals surface area contributed by atoms with Gasteiger partial charge in [0.15, 0.2) is 5.79 Å². The van der Waals surface area contributed by atoms with E-state index in [-0.39, 0.29) is 11.6 Å². The summed E-state index contributed by atoms with van der Waals surface area (Å²) >= 11 is 0. The molecule has 1 aromatic rings. The van der Waals surface area contributed by atoms with E-state index in [0.717, 1.165) is 0 Å². The number of nitrogens with two attached hydrogens (primary N) is 1. The number of nitrogen functional groups attached to an aromatic ring is 1. The molecule has 1 aromatic carbocycles. The number of ether oxygens (including phenoxy) is 2. The number of likely N-dealkylation sites (tertiary alicyclic amines) is 1. The van der Waals surface area contributed by atoms with Crippen LogP contribution in [-0.4, -0.2) is 42.9 Å². The van der Waals surface area contributed by atoms with Gasteiger partial charge < -0.3 is 20.1 Å². The van der Waals surface area contributed by atoms with Crippen LogP contribution in [0.4, 0.5) is 10.1 Å². The minimum Gasteiger partial charge on any atom is -0.396 e. The molecule has 2 saturated heterocycles. The third-order valence-electron chi connectivity index (χ3n) is 3.87. The Morgan fingerprint density at radius 1 is 1.25 bits per heavy atom. The van der Waals surface area contributed by atoms with Crippen LogP contribution in [0.25, 0.3) is 0 Å². The van der Waals surface area contributed by atoms with Crippen LogP contribution in [0.3, 0.4) is 0 Å². The molecule has 2 N–H and O–H groups in total. The molecular weight excluding hydrogens is 263 g/mol. The van der Waals surface area contributed by atoms with Crippen LogP contribution in [0, 0.1) is 5.82 Å². The van der Waals surface area contributed by atoms with Crippen LogP contribution in [0.2, 0.25) is 0 Å². The van der Waals surface area contributed by atoms with Gasteiger partial charge in [-0.1, -0.05) is 0 Å². The molecule has 2 fully saturated rings. The monoisotopic (exact) mass is 280 g/mol. The summed E-state index contributed by atoms with van der Waals surface area (Å²) in [6, 6.07) is 4.15. The maximum Gasteiger partial charge on any atom is 0.253 e. The second-order valence-corrected chi connectivity index (χ2v) is 5.14. The van der Waals surface area contributed by atoms with Crippen molar-refractivity contribution < 1.29 is 18.7 Å². The lowest BCUT2D eigenvalue weighted by Crippen LogP contribution is -2.47. The third kappa shape index (κ3) is 2.36. The van der Waals surface area contributed by atoms with Crippen molar-refractivity contribution in [3.05, 3.63) is 29.6 Å². The van der Waals surface area contributed by atoms with Crippen molar-refractivity contribution in [2.24, 2.45) is 0 Å². The van der Waals surface area contributed by atoms with Crippen molar-refractivity contribution in [3.63, 3.8) is 0 Å². The molecule has 0 atom stereocenters. The van der Waals surface area contributed by atoms with E-state index in [1.165, 1.54) is 12.1 Å². The molecule has 2 aliphatic rings. The number of halogens is 1. The summed E-state index contributed by atoms with van der Waals surface area (Å²) < 4.78 is 24.6. The normalized spacial score (nSPS) is 21.4. The number of anilines is 1. The first-order valence-electron chi connectivity index (χ1n) is 6.72. The number of nitrogens with zero attached hydrogens (tertiary/aromatic N) is 1. The Morgan fingerprint density at radius 2 is 1.90 bits per heavy atom. The summed E-state index contributed by atoms with van der Waals surface area (Å²) in [6.07, 6.45) is 1.30. The van der Waals surface area contributed by atoms with E-state index in [1.807, 2.05) is 0 Å². The van der Waals surface area contributed by atoms with Crippen molar-refractivity contribution in [1.82, 2.24) is 4.90 Å². The molecule has 0 unspecified atom stereocenters. The molecule has 2 heterocycles. The second-order valence-electron chi connectivity index (χ2n) is 5.14. The molecule has 1 spiro atoms. The Morgan fingerprint density at radius 3 is 2.50 bits per heavy atom. The molecule has 0 bridgehead atoms. The van der Waals surface area contributed by atoms with Crippen molar-refractivity contribution in [1.29, 1.82) is 0 Å². The average Bonchev–Trinajstić information content (AvgIpc) is 2.90. The van der Waals surface area contributed by atoms with Crippen LogP contribution < -0.4 is 5.73 Å². The number of carbonyl (C=O) groups excluding carboxylic acids is 1. The van der Waals surface area contributed by atoms with E-state index in [9.17, 15) is 9.18 Å². The number of rotatable bonds is 1. The van der Waals surface area contributed by atoms with Crippen molar-refractivity contribution in [3.8, 4) is 0 Å². The van der Waals surface area contributed by atoms with Crippen LogP contribution in [0.5, 0.6) is 0 Å². The van der Waals surface area contributed by atoms with Gasteiger partial charge in [-0.05, 0) is 18.2 Å². The fourth-order valence-electron chi connectivity index (χ4n) is 2.68. The topological polar surface area (TPSA) is 64.8 Å². The molecule has 0 aliphatic carbocycles. The number of benzene rings is 1. The fraction of sp³-hybridized carbons (Fsp3) is 0.500. The van der Waals surface area contributed by atoms with Crippen LogP contribution in [0.1, 0.15) is 23.2 Å². The summed E-state index contributed by atoms with van der Waals surface area (Å²) in [4.78, 5) is 14.0. The Bertz CT molecular complexity index is 519. The van der Waals surface area contributed by atoms with Gasteiger partial charge in [-0.25, -0.2) is 4.39 Å². The zero-order valence-electron chi connectivity index (χ0n) is 11.1. The quantitative estimate of drug-likeness (QED) is 0.789. The maximum absolute atomic E-state index is 13.4. The lowest BCUT2D eigenvalue weighted by molar-refractivity contribution is -0.181. The van der Waals surface area contributed by atoms with E-state index in [4.69, 9.17) is 15.2 Å². The maximum atomic E-state index is 13.4. The highest BCUT2D eigenvalue weighted by atomic mass is 19.1. The lowest BCUT2D eigenvalue weighted by Gasteiger charge is -2.37. The number of hydrogen-bond donors (Lipinski definition) is 1. The largest absolute Gasteiger partial charge is 0.396 e. The summed E-state index contributed by atoms with van der Waals surface area (Å²) in [5.41, 5.74) is 5.78. The predicted octanol–water partition coefficient (Wildman–Crippen LogP) is 1.39. The Hall–Kier alpha value is -1.66. The SMILES string of the molecule is Nc1ccc(C(=O)N2CCC3(CC2)OCCO3)cc1F. The number of hydrogen-bond acceptors (Lipinski definition) is 4. The van der Waals surface area contributed by atoms with Gasteiger partial charge >= 0.3 is 0 Å². The first kappa shape index (κ1) is 13.3. The molecule has 3 rings (SSSR count). The van der Waals surface area contributed by atoms with Gasteiger partial charge in [0.25, 0.3) is 5.91 Å². The standard InChI is InChI=1S/C14H17FN2O3/c15-11-9-10(1-2-12(11)16)13(18)17-5-3-14(4-6-17)19-7-8-20-14/h1-2,9H,3-8,16H2. The van der Waals surface area contributed by atoms with Crippen molar-refractivity contribution in [2.45, 2.75) is 18.6 Å². The Labute approximate surface area is 116 Å². The highest BCUT2D eigenvalue weighted by molar-refractivity contribution is 5.94. The molecule has 1 amide bonds. The first-order chi connectivity index (χ1) is 9.60. The van der Waals surface area contributed by atoms with Gasteiger partial charge in [-0.15, -0.1) is 0 Å². The molecule has 6 heteroatoms. The summed E-state index contributed by atoms with van der Waals surface area (Å²) in [5, 5.41) is 0. The molecule has 0 saturated carbocycles. The number of piperidine rings is 1. The van der Waals surface area contributed by atoms with Gasteiger partial charge in [-0.2, -0.15) is 0 Å². The predicted molar refractivity (Wildman–Crippen MR) is 70.6 cm³/mol. The highest BCUT2D eigenvalue weighted by Crippen LogP contribution is 2.31. The smallest absolute Gasteiger partial charge is 0.253 e. The van der Waals surface area contributed by atoms with Crippen LogP contribution in [-0.2, 0) is 9.47 Å². The molecule has 0 radical (unpaired) electrons. The minimum atomic E-state index is -0.563.